The number of allylic oxidation sites excluding steroid dienone is 1. The number of aryl methyl sites for hydroxylation is 1. The molecule has 1 aliphatic heterocycles. The van der Waals surface area contributed by atoms with Crippen molar-refractivity contribution in [3.05, 3.63) is 70.9 Å². The van der Waals surface area contributed by atoms with Crippen LogP contribution in [0, 0.1) is 6.92 Å². The quantitative estimate of drug-likeness (QED) is 0.631. The minimum absolute atomic E-state index is 0.151. The minimum Gasteiger partial charge on any atom is -0.294 e. The van der Waals surface area contributed by atoms with Crippen LogP contribution in [0.4, 0.5) is 5.13 Å². The zero-order valence-electron chi connectivity index (χ0n) is 15.6. The van der Waals surface area contributed by atoms with Crippen molar-refractivity contribution in [2.75, 3.05) is 5.32 Å². The van der Waals surface area contributed by atoms with Gasteiger partial charge in [-0.3, -0.25) is 9.79 Å². The summed E-state index contributed by atoms with van der Waals surface area (Å²) in [6.45, 7) is 2.07. The number of Topliss-reactive ketones (excluding diaryl/α,β-unsaturated/α-hetero) is 1. The lowest BCUT2D eigenvalue weighted by Crippen LogP contribution is -2.82. The number of hydrogen-bond acceptors (Lipinski definition) is 5. The molecular formula is C22H21N4OS+. The monoisotopic (exact) mass is 389 g/mol. The molecule has 0 fully saturated rings. The molecule has 2 aliphatic rings. The number of carbonyl (C=O) groups is 1. The number of ketones is 1. The highest BCUT2D eigenvalue weighted by atomic mass is 32.1. The SMILES string of the molecule is Cc1ccc([C@H]2[NH+]=C(Nc3nc4ccccc4s3)NC3=C2C(=O)CCC3)cc1. The van der Waals surface area contributed by atoms with E-state index in [1.165, 1.54) is 5.56 Å². The number of nitrogens with zero attached hydrogens (tertiary/aromatic N) is 1. The van der Waals surface area contributed by atoms with Crippen LogP contribution in [-0.4, -0.2) is 16.7 Å². The fraction of sp³-hybridized carbons (Fsp3) is 0.227. The maximum Gasteiger partial charge on any atom is 0.355 e. The molecule has 3 N–H and O–H groups in total. The second-order valence-electron chi connectivity index (χ2n) is 7.27. The van der Waals surface area contributed by atoms with E-state index < -0.39 is 0 Å². The van der Waals surface area contributed by atoms with Gasteiger partial charge in [0.2, 0.25) is 0 Å². The number of thiazole rings is 1. The Balaban J connectivity index is 1.52. The van der Waals surface area contributed by atoms with Crippen LogP contribution in [0.3, 0.4) is 0 Å². The zero-order chi connectivity index (χ0) is 19.1. The van der Waals surface area contributed by atoms with Gasteiger partial charge >= 0.3 is 5.96 Å². The summed E-state index contributed by atoms with van der Waals surface area (Å²) in [5.74, 6) is 1.00. The lowest BCUT2D eigenvalue weighted by atomic mass is 9.86. The number of rotatable bonds is 2. The summed E-state index contributed by atoms with van der Waals surface area (Å²) in [6.07, 6.45) is 2.39. The fourth-order valence-electron chi connectivity index (χ4n) is 3.84. The number of para-hydroxylation sites is 1. The minimum atomic E-state index is -0.151. The van der Waals surface area contributed by atoms with Gasteiger partial charge in [-0.15, -0.1) is 0 Å². The Morgan fingerprint density at radius 1 is 1.14 bits per heavy atom. The predicted molar refractivity (Wildman–Crippen MR) is 112 cm³/mol. The van der Waals surface area contributed by atoms with Crippen LogP contribution < -0.4 is 15.6 Å². The van der Waals surface area contributed by atoms with E-state index in [2.05, 4.69) is 57.9 Å². The van der Waals surface area contributed by atoms with Gasteiger partial charge in [0.05, 0.1) is 21.5 Å². The molecular weight excluding hydrogens is 368 g/mol. The molecule has 140 valence electrons. The molecule has 3 aromatic rings. The van der Waals surface area contributed by atoms with E-state index in [0.29, 0.717) is 6.42 Å². The predicted octanol–water partition coefficient (Wildman–Crippen LogP) is 2.80. The van der Waals surface area contributed by atoms with E-state index in [4.69, 9.17) is 0 Å². The highest BCUT2D eigenvalue weighted by molar-refractivity contribution is 7.22. The summed E-state index contributed by atoms with van der Waals surface area (Å²) >= 11 is 1.61. The Labute approximate surface area is 167 Å². The van der Waals surface area contributed by atoms with Crippen molar-refractivity contribution in [3.63, 3.8) is 0 Å². The van der Waals surface area contributed by atoms with Crippen molar-refractivity contribution < 1.29 is 9.79 Å². The van der Waals surface area contributed by atoms with Crippen LogP contribution in [0.25, 0.3) is 10.2 Å². The van der Waals surface area contributed by atoms with Crippen LogP contribution in [0.1, 0.15) is 36.4 Å². The molecule has 5 rings (SSSR count). The maximum absolute atomic E-state index is 12.7. The van der Waals surface area contributed by atoms with E-state index in [1.54, 1.807) is 11.3 Å². The molecule has 1 atom stereocenters. The smallest absolute Gasteiger partial charge is 0.294 e. The normalized spacial score (nSPS) is 19.2. The first-order chi connectivity index (χ1) is 13.7. The summed E-state index contributed by atoms with van der Waals surface area (Å²) < 4.78 is 1.14. The van der Waals surface area contributed by atoms with Gasteiger partial charge in [0.15, 0.2) is 5.78 Å². The van der Waals surface area contributed by atoms with Gasteiger partial charge in [0, 0.05) is 12.8 Å². The van der Waals surface area contributed by atoms with Crippen LogP contribution >= 0.6 is 11.3 Å². The maximum atomic E-state index is 12.7. The molecule has 0 bridgehead atoms. The Kier molecular flexibility index (Phi) is 4.20. The number of carbonyl (C=O) groups excluding carboxylic acids is 1. The van der Waals surface area contributed by atoms with Gasteiger partial charge in [0.25, 0.3) is 5.13 Å². The van der Waals surface area contributed by atoms with Gasteiger partial charge in [-0.05, 0) is 31.0 Å². The third-order valence-corrected chi connectivity index (χ3v) is 6.20. The molecule has 0 amide bonds. The van der Waals surface area contributed by atoms with Crippen LogP contribution in [0.5, 0.6) is 0 Å². The van der Waals surface area contributed by atoms with Crippen molar-refractivity contribution in [3.8, 4) is 0 Å². The third kappa shape index (κ3) is 3.10. The van der Waals surface area contributed by atoms with Crippen molar-refractivity contribution in [2.45, 2.75) is 32.2 Å². The molecule has 1 aliphatic carbocycles. The van der Waals surface area contributed by atoms with E-state index >= 15 is 0 Å². The lowest BCUT2D eigenvalue weighted by Gasteiger charge is -2.27. The standard InChI is InChI=1S/C22H20N4OS/c1-13-9-11-14(12-10-13)20-19-16(6-4-7-17(19)27)23-21(25-20)26-22-24-15-5-2-3-8-18(15)28-22/h2-3,5,8-12,20H,4,6-7H2,1H3,(H2,23,24,25,26)/p+1/t20-/m1/s1. The lowest BCUT2D eigenvalue weighted by molar-refractivity contribution is -0.501. The van der Waals surface area contributed by atoms with E-state index in [9.17, 15) is 4.79 Å². The second-order valence-corrected chi connectivity index (χ2v) is 8.30. The van der Waals surface area contributed by atoms with E-state index in [1.807, 2.05) is 18.2 Å². The van der Waals surface area contributed by atoms with Crippen molar-refractivity contribution >= 4 is 38.4 Å². The number of hydrogen-bond donors (Lipinski definition) is 3. The molecule has 5 nitrogen and oxygen atoms in total. The summed E-state index contributed by atoms with van der Waals surface area (Å²) in [6, 6.07) is 16.3. The summed E-state index contributed by atoms with van der Waals surface area (Å²) in [5.41, 5.74) is 5.17. The molecule has 0 saturated heterocycles. The van der Waals surface area contributed by atoms with Crippen molar-refractivity contribution in [1.29, 1.82) is 0 Å². The summed E-state index contributed by atoms with van der Waals surface area (Å²) in [5, 5.41) is 7.62. The molecule has 2 heterocycles. The highest BCUT2D eigenvalue weighted by Gasteiger charge is 2.36. The molecule has 0 spiro atoms. The number of benzene rings is 2. The van der Waals surface area contributed by atoms with Gasteiger partial charge in [-0.2, -0.15) is 0 Å². The highest BCUT2D eigenvalue weighted by Crippen LogP contribution is 2.30. The van der Waals surface area contributed by atoms with Gasteiger partial charge in [-0.1, -0.05) is 53.3 Å². The molecule has 0 unspecified atom stereocenters. The largest absolute Gasteiger partial charge is 0.355 e. The molecule has 0 saturated carbocycles. The second kappa shape index (κ2) is 6.87. The first-order valence-electron chi connectivity index (χ1n) is 9.53. The Morgan fingerprint density at radius 3 is 2.79 bits per heavy atom. The average molecular weight is 390 g/mol. The topological polar surface area (TPSA) is 68.0 Å². The van der Waals surface area contributed by atoms with Crippen molar-refractivity contribution in [1.82, 2.24) is 10.3 Å². The van der Waals surface area contributed by atoms with Crippen LogP contribution in [-0.2, 0) is 4.79 Å². The van der Waals surface area contributed by atoms with Crippen LogP contribution in [0.15, 0.2) is 59.8 Å². The number of nitrogens with one attached hydrogen (secondary N) is 3. The van der Waals surface area contributed by atoms with E-state index in [0.717, 1.165) is 51.0 Å². The number of guanidine groups is 1. The molecule has 28 heavy (non-hydrogen) atoms. The zero-order valence-corrected chi connectivity index (χ0v) is 16.4. The van der Waals surface area contributed by atoms with Crippen molar-refractivity contribution in [2.24, 2.45) is 0 Å². The first kappa shape index (κ1) is 17.1. The molecule has 0 radical (unpaired) electrons. The average Bonchev–Trinajstić information content (AvgIpc) is 3.10. The molecule has 6 heteroatoms. The fourth-order valence-corrected chi connectivity index (χ4v) is 4.71. The Hall–Kier alpha value is -2.99. The molecule has 2 aromatic carbocycles. The number of anilines is 1. The Bertz CT molecular complexity index is 1090. The van der Waals surface area contributed by atoms with Gasteiger partial charge in [0.1, 0.15) is 6.04 Å². The van der Waals surface area contributed by atoms with Gasteiger partial charge in [-0.25, -0.2) is 15.6 Å². The summed E-state index contributed by atoms with van der Waals surface area (Å²) in [4.78, 5) is 20.8. The Morgan fingerprint density at radius 2 is 1.96 bits per heavy atom. The van der Waals surface area contributed by atoms with E-state index in [-0.39, 0.29) is 11.8 Å². The summed E-state index contributed by atoms with van der Waals surface area (Å²) in [7, 11) is 0. The first-order valence-corrected chi connectivity index (χ1v) is 10.3. The number of fused-ring (bicyclic) bond motifs is 1. The van der Waals surface area contributed by atoms with Gasteiger partial charge < -0.3 is 0 Å². The van der Waals surface area contributed by atoms with Crippen LogP contribution in [0.2, 0.25) is 0 Å². The number of aromatic nitrogens is 1. The third-order valence-electron chi connectivity index (χ3n) is 5.25. The molecule has 1 aromatic heterocycles.